The second-order valence-corrected chi connectivity index (χ2v) is 3.32. The Kier molecular flexibility index (Phi) is 2.28. The molecule has 7 nitrogen and oxygen atoms in total. The van der Waals surface area contributed by atoms with Crippen LogP contribution < -0.4 is 11.1 Å². The van der Waals surface area contributed by atoms with Crippen LogP contribution >= 0.6 is 0 Å². The van der Waals surface area contributed by atoms with Crippen LogP contribution in [-0.2, 0) is 20.6 Å². The lowest BCUT2D eigenvalue weighted by Gasteiger charge is -2.02. The van der Waals surface area contributed by atoms with E-state index < -0.39 is 0 Å². The molecule has 0 saturated heterocycles. The van der Waals surface area contributed by atoms with E-state index in [-0.39, 0.29) is 0 Å². The molecule has 0 radical (unpaired) electrons. The zero-order valence-corrected chi connectivity index (χ0v) is 8.68. The molecule has 2 heterocycles. The average molecular weight is 207 g/mol. The summed E-state index contributed by atoms with van der Waals surface area (Å²) >= 11 is 0. The van der Waals surface area contributed by atoms with Crippen LogP contribution in [0.1, 0.15) is 5.82 Å². The molecule has 2 aromatic heterocycles. The van der Waals surface area contributed by atoms with Gasteiger partial charge in [-0.05, 0) is 0 Å². The number of nitrogens with two attached hydrogens (primary N) is 1. The monoisotopic (exact) mass is 207 g/mol. The molecule has 0 atom stereocenters. The lowest BCUT2D eigenvalue weighted by atomic mass is 10.5. The van der Waals surface area contributed by atoms with Gasteiger partial charge in [-0.1, -0.05) is 0 Å². The predicted octanol–water partition coefficient (Wildman–Crippen LogP) is -0.257. The van der Waals surface area contributed by atoms with Gasteiger partial charge in [0.2, 0.25) is 0 Å². The predicted molar refractivity (Wildman–Crippen MR) is 56.0 cm³/mol. The highest BCUT2D eigenvalue weighted by atomic mass is 15.3. The maximum Gasteiger partial charge on any atom is 0.171 e. The van der Waals surface area contributed by atoms with Crippen molar-refractivity contribution in [2.75, 3.05) is 11.1 Å². The summed E-state index contributed by atoms with van der Waals surface area (Å²) < 4.78 is 3.50. The molecular weight excluding hydrogens is 194 g/mol. The molecule has 0 fully saturated rings. The summed E-state index contributed by atoms with van der Waals surface area (Å²) in [7, 11) is 3.71. The minimum Gasteiger partial charge on any atom is -0.394 e. The van der Waals surface area contributed by atoms with Crippen LogP contribution in [0.4, 0.5) is 11.5 Å². The Bertz CT molecular complexity index is 455. The number of nitrogens with zero attached hydrogens (tertiary/aromatic N) is 5. The number of rotatable bonds is 3. The lowest BCUT2D eigenvalue weighted by molar-refractivity contribution is 0.762. The molecule has 7 heteroatoms. The third kappa shape index (κ3) is 1.90. The van der Waals surface area contributed by atoms with Crippen molar-refractivity contribution in [2.45, 2.75) is 6.54 Å². The third-order valence-electron chi connectivity index (χ3n) is 2.08. The maximum absolute atomic E-state index is 5.73. The number of nitrogens with one attached hydrogen (secondary N) is 1. The van der Waals surface area contributed by atoms with Crippen molar-refractivity contribution in [1.29, 1.82) is 0 Å². The smallest absolute Gasteiger partial charge is 0.171 e. The summed E-state index contributed by atoms with van der Waals surface area (Å²) in [6.07, 6.45) is 3.40. The number of nitrogen functional groups attached to an aromatic ring is 1. The molecule has 3 N–H and O–H groups in total. The summed E-state index contributed by atoms with van der Waals surface area (Å²) in [6.45, 7) is 0.553. The molecule has 0 saturated carbocycles. The van der Waals surface area contributed by atoms with Gasteiger partial charge in [-0.2, -0.15) is 5.10 Å². The zero-order chi connectivity index (χ0) is 10.8. The Labute approximate surface area is 86.9 Å². The van der Waals surface area contributed by atoms with Crippen LogP contribution in [0.15, 0.2) is 12.5 Å². The number of aryl methyl sites for hydroxylation is 2. The number of anilines is 2. The summed E-state index contributed by atoms with van der Waals surface area (Å²) in [5.74, 6) is 1.50. The summed E-state index contributed by atoms with van der Waals surface area (Å²) in [4.78, 5) is 0. The molecule has 15 heavy (non-hydrogen) atoms. The fourth-order valence-corrected chi connectivity index (χ4v) is 1.27. The second-order valence-electron chi connectivity index (χ2n) is 3.32. The van der Waals surface area contributed by atoms with Crippen molar-refractivity contribution in [1.82, 2.24) is 24.5 Å². The first-order valence-corrected chi connectivity index (χ1v) is 4.52. The number of aromatic nitrogens is 5. The van der Waals surface area contributed by atoms with E-state index in [1.165, 1.54) is 0 Å². The molecule has 0 aromatic carbocycles. The van der Waals surface area contributed by atoms with Gasteiger partial charge in [0, 0.05) is 20.3 Å². The van der Waals surface area contributed by atoms with Gasteiger partial charge >= 0.3 is 0 Å². The van der Waals surface area contributed by atoms with Crippen LogP contribution in [0.3, 0.4) is 0 Å². The van der Waals surface area contributed by atoms with E-state index in [1.807, 2.05) is 18.7 Å². The van der Waals surface area contributed by atoms with Gasteiger partial charge in [-0.15, -0.1) is 10.2 Å². The molecule has 2 aromatic rings. The molecule has 0 aliphatic heterocycles. The Balaban J connectivity index is 2.05. The highest BCUT2D eigenvalue weighted by Crippen LogP contribution is 2.14. The fraction of sp³-hybridized carbons (Fsp3) is 0.375. The van der Waals surface area contributed by atoms with Gasteiger partial charge in [0.15, 0.2) is 11.6 Å². The normalized spacial score (nSPS) is 10.5. The molecule has 0 aliphatic rings. The Morgan fingerprint density at radius 2 is 2.27 bits per heavy atom. The standard InChI is InChI=1S/C8H13N7/c1-14-5-11-12-7(14)3-10-8-6(9)4-15(2)13-8/h4-5H,3,9H2,1-2H3,(H,10,13). The molecule has 0 amide bonds. The van der Waals surface area contributed by atoms with E-state index in [0.29, 0.717) is 18.1 Å². The van der Waals surface area contributed by atoms with Crippen molar-refractivity contribution in [2.24, 2.45) is 14.1 Å². The number of hydrogen-bond acceptors (Lipinski definition) is 5. The van der Waals surface area contributed by atoms with E-state index >= 15 is 0 Å². The maximum atomic E-state index is 5.73. The van der Waals surface area contributed by atoms with Gasteiger partial charge in [-0.3, -0.25) is 4.68 Å². The van der Waals surface area contributed by atoms with E-state index in [0.717, 1.165) is 5.82 Å². The number of hydrogen-bond donors (Lipinski definition) is 2. The van der Waals surface area contributed by atoms with Gasteiger partial charge in [0.05, 0.1) is 12.2 Å². The van der Waals surface area contributed by atoms with Gasteiger partial charge in [0.1, 0.15) is 6.33 Å². The largest absolute Gasteiger partial charge is 0.394 e. The minimum absolute atomic E-state index is 0.553. The second kappa shape index (κ2) is 3.60. The molecule has 2 rings (SSSR count). The SMILES string of the molecule is Cn1cc(N)c(NCc2nncn2C)n1. The fourth-order valence-electron chi connectivity index (χ4n) is 1.27. The van der Waals surface area contributed by atoms with Crippen LogP contribution in [0, 0.1) is 0 Å². The molecule has 0 spiro atoms. The highest BCUT2D eigenvalue weighted by Gasteiger charge is 2.05. The van der Waals surface area contributed by atoms with Crippen molar-refractivity contribution >= 4 is 11.5 Å². The highest BCUT2D eigenvalue weighted by molar-refractivity contribution is 5.59. The Morgan fingerprint density at radius 1 is 1.47 bits per heavy atom. The van der Waals surface area contributed by atoms with Crippen LogP contribution in [-0.4, -0.2) is 24.5 Å². The van der Waals surface area contributed by atoms with Crippen LogP contribution in [0.25, 0.3) is 0 Å². The van der Waals surface area contributed by atoms with E-state index in [2.05, 4.69) is 20.6 Å². The third-order valence-corrected chi connectivity index (χ3v) is 2.08. The van der Waals surface area contributed by atoms with Crippen LogP contribution in [0.5, 0.6) is 0 Å². The van der Waals surface area contributed by atoms with E-state index in [4.69, 9.17) is 5.73 Å². The average Bonchev–Trinajstić information content (AvgIpc) is 2.70. The van der Waals surface area contributed by atoms with E-state index in [9.17, 15) is 0 Å². The van der Waals surface area contributed by atoms with Crippen molar-refractivity contribution < 1.29 is 0 Å². The minimum atomic E-state index is 0.553. The summed E-state index contributed by atoms with van der Waals surface area (Å²) in [5.41, 5.74) is 6.35. The lowest BCUT2D eigenvalue weighted by Crippen LogP contribution is -2.07. The summed E-state index contributed by atoms with van der Waals surface area (Å²) in [6, 6.07) is 0. The molecule has 0 bridgehead atoms. The Morgan fingerprint density at radius 3 is 2.80 bits per heavy atom. The topological polar surface area (TPSA) is 86.6 Å². The summed E-state index contributed by atoms with van der Waals surface area (Å²) in [5, 5.41) is 15.0. The zero-order valence-electron chi connectivity index (χ0n) is 8.68. The van der Waals surface area contributed by atoms with Crippen molar-refractivity contribution in [3.8, 4) is 0 Å². The first kappa shape index (κ1) is 9.50. The molecule has 80 valence electrons. The first-order valence-electron chi connectivity index (χ1n) is 4.52. The van der Waals surface area contributed by atoms with Gasteiger partial charge in [-0.25, -0.2) is 0 Å². The quantitative estimate of drug-likeness (QED) is 0.724. The van der Waals surface area contributed by atoms with Gasteiger partial charge < -0.3 is 15.6 Å². The van der Waals surface area contributed by atoms with Gasteiger partial charge in [0.25, 0.3) is 0 Å². The molecular formula is C8H13N7. The van der Waals surface area contributed by atoms with Crippen molar-refractivity contribution in [3.05, 3.63) is 18.3 Å². The first-order chi connectivity index (χ1) is 7.16. The van der Waals surface area contributed by atoms with E-state index in [1.54, 1.807) is 17.2 Å². The molecule has 0 unspecified atom stereocenters. The van der Waals surface area contributed by atoms with Crippen molar-refractivity contribution in [3.63, 3.8) is 0 Å². The Hall–Kier alpha value is -2.05. The van der Waals surface area contributed by atoms with Crippen LogP contribution in [0.2, 0.25) is 0 Å². The molecule has 0 aliphatic carbocycles.